The maximum absolute atomic E-state index is 6.98. The second-order valence-corrected chi connectivity index (χ2v) is 14.4. The molecule has 0 atom stereocenters. The molecule has 2 N–H and O–H groups in total. The summed E-state index contributed by atoms with van der Waals surface area (Å²) in [6.45, 7) is 0. The van der Waals surface area contributed by atoms with Crippen molar-refractivity contribution >= 4 is 93.9 Å². The molecule has 12 rings (SSSR count). The van der Waals surface area contributed by atoms with Gasteiger partial charge >= 0.3 is 0 Å². The molecular formula is C49H32N6O. The highest BCUT2D eigenvalue weighted by atomic mass is 16.3. The van der Waals surface area contributed by atoms with Gasteiger partial charge in [0.25, 0.3) is 0 Å². The standard InChI is InChI=1S/C49H32N6O/c50-47-45(56-49-46(47)37-17-1-2-18-38(37)48-52-39-29-51-25-24-44(39)55(48)49)23-11-12-30-26-31(53-40-19-7-3-13-33(40)34-14-4-8-20-41(34)53)28-32(27-30)54-42-21-9-5-15-35(42)36-16-6-10-22-43(36)54/h1-11,13-29H,12,50H2/b23-11-. The van der Waals surface area contributed by atoms with Crippen molar-refractivity contribution in [1.82, 2.24) is 23.5 Å². The number of allylic oxidation sites excluding steroid dienone is 1. The number of anilines is 1. The molecule has 0 bridgehead atoms. The molecule has 0 aliphatic carbocycles. The number of benzene rings is 6. The molecule has 6 aromatic heterocycles. The van der Waals surface area contributed by atoms with Crippen LogP contribution in [0.5, 0.6) is 0 Å². The van der Waals surface area contributed by atoms with E-state index < -0.39 is 0 Å². The van der Waals surface area contributed by atoms with Crippen molar-refractivity contribution in [1.29, 1.82) is 0 Å². The van der Waals surface area contributed by atoms with Gasteiger partial charge in [-0.15, -0.1) is 0 Å². The summed E-state index contributed by atoms with van der Waals surface area (Å²) in [5.74, 6) is 0.620. The second kappa shape index (κ2) is 11.7. The first-order valence-corrected chi connectivity index (χ1v) is 18.8. The molecule has 0 fully saturated rings. The number of aromatic nitrogens is 5. The lowest BCUT2D eigenvalue weighted by atomic mass is 10.1. The Kier molecular flexibility index (Phi) is 6.42. The van der Waals surface area contributed by atoms with E-state index in [1.165, 1.54) is 43.6 Å². The normalized spacial score (nSPS) is 12.4. The Morgan fingerprint density at radius 2 is 1.09 bits per heavy atom. The summed E-state index contributed by atoms with van der Waals surface area (Å²) in [7, 11) is 0. The molecule has 7 heteroatoms. The smallest absolute Gasteiger partial charge is 0.216 e. The molecule has 56 heavy (non-hydrogen) atoms. The topological polar surface area (TPSA) is 79.2 Å². The van der Waals surface area contributed by atoms with Crippen LogP contribution >= 0.6 is 0 Å². The number of pyridine rings is 2. The molecule has 6 heterocycles. The molecule has 0 saturated carbocycles. The van der Waals surface area contributed by atoms with Crippen LogP contribution in [-0.2, 0) is 6.42 Å². The summed E-state index contributed by atoms with van der Waals surface area (Å²) >= 11 is 0. The van der Waals surface area contributed by atoms with Gasteiger partial charge in [-0.1, -0.05) is 103 Å². The van der Waals surface area contributed by atoms with E-state index in [2.05, 4.69) is 152 Å². The molecule has 0 unspecified atom stereocenters. The van der Waals surface area contributed by atoms with E-state index in [1.54, 1.807) is 12.4 Å². The second-order valence-electron chi connectivity index (χ2n) is 14.4. The number of fused-ring (bicyclic) bond motifs is 14. The zero-order valence-corrected chi connectivity index (χ0v) is 30.1. The van der Waals surface area contributed by atoms with Crippen LogP contribution < -0.4 is 5.73 Å². The molecule has 0 aliphatic heterocycles. The third-order valence-electron chi connectivity index (χ3n) is 11.3. The average molecular weight is 721 g/mol. The number of hydrogen-bond acceptors (Lipinski definition) is 4. The van der Waals surface area contributed by atoms with Crippen LogP contribution in [0.2, 0.25) is 0 Å². The van der Waals surface area contributed by atoms with Crippen LogP contribution in [-0.4, -0.2) is 23.5 Å². The van der Waals surface area contributed by atoms with E-state index in [4.69, 9.17) is 15.1 Å². The molecule has 264 valence electrons. The lowest BCUT2D eigenvalue weighted by Gasteiger charge is -2.15. The van der Waals surface area contributed by atoms with Gasteiger partial charge in [0.1, 0.15) is 11.2 Å². The maximum atomic E-state index is 6.98. The predicted molar refractivity (Wildman–Crippen MR) is 230 cm³/mol. The van der Waals surface area contributed by atoms with Crippen LogP contribution in [0.4, 0.5) is 5.69 Å². The van der Waals surface area contributed by atoms with E-state index in [0.29, 0.717) is 23.6 Å². The third kappa shape index (κ3) is 4.33. The first-order chi connectivity index (χ1) is 27.7. The first-order valence-electron chi connectivity index (χ1n) is 18.8. The lowest BCUT2D eigenvalue weighted by molar-refractivity contribution is 0.590. The van der Waals surface area contributed by atoms with E-state index in [9.17, 15) is 0 Å². The summed E-state index contributed by atoms with van der Waals surface area (Å²) in [6, 6.07) is 51.8. The average Bonchev–Trinajstić information content (AvgIpc) is 3.99. The van der Waals surface area contributed by atoms with Gasteiger partial charge in [0, 0.05) is 49.9 Å². The number of rotatable bonds is 5. The molecule has 0 saturated heterocycles. The quantitative estimate of drug-likeness (QED) is 0.192. The summed E-state index contributed by atoms with van der Waals surface area (Å²) in [4.78, 5) is 9.27. The van der Waals surface area contributed by atoms with Gasteiger partial charge in [-0.25, -0.2) is 4.98 Å². The Balaban J connectivity index is 1.05. The van der Waals surface area contributed by atoms with Crippen LogP contribution in [0.25, 0.3) is 99.6 Å². The van der Waals surface area contributed by atoms with Crippen LogP contribution in [0, 0.1) is 0 Å². The zero-order chi connectivity index (χ0) is 36.9. The van der Waals surface area contributed by atoms with Crippen LogP contribution in [0.15, 0.2) is 168 Å². The van der Waals surface area contributed by atoms with Crippen molar-refractivity contribution in [2.45, 2.75) is 6.42 Å². The largest absolute Gasteiger partial charge is 0.437 e. The van der Waals surface area contributed by atoms with Crippen molar-refractivity contribution in [2.24, 2.45) is 0 Å². The van der Waals surface area contributed by atoms with Crippen molar-refractivity contribution in [3.05, 3.63) is 175 Å². The Morgan fingerprint density at radius 3 is 1.66 bits per heavy atom. The molecule has 0 aliphatic rings. The van der Waals surface area contributed by atoms with E-state index in [-0.39, 0.29) is 0 Å². The molecule has 6 aromatic carbocycles. The van der Waals surface area contributed by atoms with Crippen LogP contribution in [0.1, 0.15) is 11.3 Å². The minimum absolute atomic E-state index is 0.607. The summed E-state index contributed by atoms with van der Waals surface area (Å²) < 4.78 is 13.5. The molecule has 12 aromatic rings. The molecular weight excluding hydrogens is 689 g/mol. The number of hydrogen-bond donors (Lipinski definition) is 1. The fourth-order valence-corrected chi connectivity index (χ4v) is 8.94. The fraction of sp³-hybridized carbons (Fsp3) is 0.0204. The monoisotopic (exact) mass is 720 g/mol. The highest BCUT2D eigenvalue weighted by molar-refractivity contribution is 6.17. The fourth-order valence-electron chi connectivity index (χ4n) is 8.94. The molecule has 0 spiro atoms. The summed E-state index contributed by atoms with van der Waals surface area (Å²) in [5, 5.41) is 7.83. The Bertz CT molecular complexity index is 3360. The minimum Gasteiger partial charge on any atom is -0.437 e. The van der Waals surface area contributed by atoms with Gasteiger partial charge in [0.05, 0.1) is 44.9 Å². The number of furan rings is 1. The minimum atomic E-state index is 0.607. The summed E-state index contributed by atoms with van der Waals surface area (Å²) in [5.41, 5.74) is 18.9. The zero-order valence-electron chi connectivity index (χ0n) is 30.1. The highest BCUT2D eigenvalue weighted by Gasteiger charge is 2.21. The van der Waals surface area contributed by atoms with Gasteiger partial charge in [-0.3, -0.25) is 9.38 Å². The lowest BCUT2D eigenvalue weighted by Crippen LogP contribution is -2.01. The van der Waals surface area contributed by atoms with Gasteiger partial charge in [-0.2, -0.15) is 0 Å². The Labute approximate surface area is 319 Å². The number of nitrogen functional groups attached to an aromatic ring is 1. The van der Waals surface area contributed by atoms with Gasteiger partial charge in [0.2, 0.25) is 5.71 Å². The van der Waals surface area contributed by atoms with Crippen LogP contribution in [0.3, 0.4) is 0 Å². The van der Waals surface area contributed by atoms with Crippen molar-refractivity contribution < 1.29 is 4.42 Å². The highest BCUT2D eigenvalue weighted by Crippen LogP contribution is 2.40. The summed E-state index contributed by atoms with van der Waals surface area (Å²) in [6.07, 6.45) is 8.40. The number of imidazole rings is 1. The van der Waals surface area contributed by atoms with Gasteiger partial charge < -0.3 is 19.3 Å². The van der Waals surface area contributed by atoms with Crippen molar-refractivity contribution in [3.63, 3.8) is 0 Å². The number of nitrogens with two attached hydrogens (primary N) is 1. The van der Waals surface area contributed by atoms with Gasteiger partial charge in [-0.05, 0) is 66.6 Å². The Hall–Kier alpha value is -7.64. The first kappa shape index (κ1) is 30.8. The molecule has 0 radical (unpaired) electrons. The molecule has 7 nitrogen and oxygen atoms in total. The van der Waals surface area contributed by atoms with Crippen molar-refractivity contribution in [2.75, 3.05) is 5.73 Å². The van der Waals surface area contributed by atoms with E-state index >= 15 is 0 Å². The predicted octanol–water partition coefficient (Wildman–Crippen LogP) is 11.8. The number of para-hydroxylation sites is 4. The number of nitrogens with zero attached hydrogens (tertiary/aromatic N) is 5. The van der Waals surface area contributed by atoms with E-state index in [0.717, 1.165) is 49.8 Å². The molecule has 0 amide bonds. The third-order valence-corrected chi connectivity index (χ3v) is 11.3. The van der Waals surface area contributed by atoms with E-state index in [1.807, 2.05) is 24.3 Å². The Morgan fingerprint density at radius 1 is 0.571 bits per heavy atom. The SMILES string of the molecule is Nc1c(/C=C\Cc2cc(-n3c4ccccc4c4ccccc43)cc(-n3c4ccccc4c4ccccc43)c2)oc2c1c1ccccc1c1nc3cnccc3n12. The van der Waals surface area contributed by atoms with Gasteiger partial charge in [0.15, 0.2) is 5.76 Å². The maximum Gasteiger partial charge on any atom is 0.216 e. The van der Waals surface area contributed by atoms with Crippen molar-refractivity contribution in [3.8, 4) is 11.4 Å².